The summed E-state index contributed by atoms with van der Waals surface area (Å²) in [5, 5.41) is 16.1. The molecule has 2 atom stereocenters. The molecule has 2 saturated heterocycles. The van der Waals surface area contributed by atoms with Crippen molar-refractivity contribution in [1.82, 2.24) is 30.0 Å². The minimum Gasteiger partial charge on any atom is -0.478 e. The van der Waals surface area contributed by atoms with E-state index in [1.165, 1.54) is 0 Å². The van der Waals surface area contributed by atoms with Gasteiger partial charge in [0.1, 0.15) is 17.3 Å². The molecule has 2 bridgehead atoms. The fourth-order valence-corrected chi connectivity index (χ4v) is 5.83. The van der Waals surface area contributed by atoms with Gasteiger partial charge in [0, 0.05) is 44.0 Å². The highest BCUT2D eigenvalue weighted by atomic mass is 16.5. The van der Waals surface area contributed by atoms with Crippen molar-refractivity contribution in [3.8, 4) is 22.8 Å². The van der Waals surface area contributed by atoms with Crippen molar-refractivity contribution in [3.05, 3.63) is 95.9 Å². The van der Waals surface area contributed by atoms with Crippen molar-refractivity contribution in [3.63, 3.8) is 0 Å². The summed E-state index contributed by atoms with van der Waals surface area (Å²) in [5.74, 6) is 1.62. The van der Waals surface area contributed by atoms with Gasteiger partial charge >= 0.3 is 5.97 Å². The highest BCUT2D eigenvalue weighted by molar-refractivity contribution is 5.87. The molecule has 7 rings (SSSR count). The quantitative estimate of drug-likeness (QED) is 0.267. The number of hydrogen-bond donors (Lipinski definition) is 3. The van der Waals surface area contributed by atoms with Crippen LogP contribution in [-0.4, -0.2) is 66.2 Å². The Balaban J connectivity index is 0.971. The number of nitrogens with zero attached hydrogens (tertiary/aromatic N) is 4. The number of benzene rings is 3. The van der Waals surface area contributed by atoms with Crippen molar-refractivity contribution in [2.75, 3.05) is 13.1 Å². The Morgan fingerprint density at radius 2 is 1.67 bits per heavy atom. The molecule has 5 aromatic rings. The largest absolute Gasteiger partial charge is 0.478 e. The fraction of sp³-hybridized carbons (Fsp3) is 0.233. The predicted octanol–water partition coefficient (Wildman–Crippen LogP) is 4.90. The second-order valence-corrected chi connectivity index (χ2v) is 10.4. The maximum atomic E-state index is 11.1. The van der Waals surface area contributed by atoms with E-state index in [1.807, 2.05) is 60.7 Å². The summed E-state index contributed by atoms with van der Waals surface area (Å²) in [7, 11) is 0. The molecule has 0 spiro atoms. The number of aromatic carboxylic acids is 1. The van der Waals surface area contributed by atoms with Gasteiger partial charge in [0.15, 0.2) is 0 Å². The highest BCUT2D eigenvalue weighted by Gasteiger charge is 2.43. The lowest BCUT2D eigenvalue weighted by molar-refractivity contribution is 0.0697. The summed E-state index contributed by atoms with van der Waals surface area (Å²) in [4.78, 5) is 24.5. The molecule has 4 heterocycles. The Kier molecular flexibility index (Phi) is 5.87. The van der Waals surface area contributed by atoms with Crippen LogP contribution in [0.4, 0.5) is 0 Å². The lowest BCUT2D eigenvalue weighted by Crippen LogP contribution is -2.45. The first-order valence-electron chi connectivity index (χ1n) is 13.1. The van der Waals surface area contributed by atoms with Crippen LogP contribution in [0.5, 0.6) is 11.5 Å². The van der Waals surface area contributed by atoms with E-state index in [9.17, 15) is 4.79 Å². The van der Waals surface area contributed by atoms with Gasteiger partial charge in [-0.1, -0.05) is 12.1 Å². The maximum absolute atomic E-state index is 11.1. The SMILES string of the molecule is O=C(O)c1ccc(CN2C[C@@H]3C[C@H]2CN3Cc2nc3ccc(Oc4ccc(-c5ccn[nH]5)cc4)cc3[nH]2)cc1. The molecular weight excluding hydrogens is 492 g/mol. The number of aromatic amines is 2. The molecule has 3 N–H and O–H groups in total. The molecule has 3 aromatic carbocycles. The number of imidazole rings is 1. The van der Waals surface area contributed by atoms with E-state index in [0.29, 0.717) is 17.6 Å². The fourth-order valence-electron chi connectivity index (χ4n) is 5.83. The van der Waals surface area contributed by atoms with Crippen molar-refractivity contribution < 1.29 is 14.6 Å². The Hall–Kier alpha value is -4.47. The number of H-pyrrole nitrogens is 2. The average Bonchev–Trinajstić information content (AvgIpc) is 3.74. The molecule has 0 unspecified atom stereocenters. The zero-order valence-electron chi connectivity index (χ0n) is 21.2. The van der Waals surface area contributed by atoms with Crippen LogP contribution in [-0.2, 0) is 13.1 Å². The van der Waals surface area contributed by atoms with Gasteiger partial charge < -0.3 is 14.8 Å². The Bertz CT molecular complexity index is 1610. The van der Waals surface area contributed by atoms with Gasteiger partial charge in [-0.15, -0.1) is 0 Å². The number of carbonyl (C=O) groups is 1. The Labute approximate surface area is 225 Å². The van der Waals surface area contributed by atoms with Gasteiger partial charge in [0.05, 0.1) is 28.8 Å². The topological polar surface area (TPSA) is 110 Å². The molecule has 9 heteroatoms. The molecule has 39 heavy (non-hydrogen) atoms. The third kappa shape index (κ3) is 4.78. The first-order valence-corrected chi connectivity index (χ1v) is 13.1. The highest BCUT2D eigenvalue weighted by Crippen LogP contribution is 2.33. The number of carboxylic acids is 1. The molecule has 0 amide bonds. The third-order valence-corrected chi connectivity index (χ3v) is 7.81. The lowest BCUT2D eigenvalue weighted by atomic mass is 10.1. The van der Waals surface area contributed by atoms with Gasteiger partial charge in [-0.2, -0.15) is 5.10 Å². The van der Waals surface area contributed by atoms with Crippen LogP contribution in [0.15, 0.2) is 79.0 Å². The smallest absolute Gasteiger partial charge is 0.335 e. The summed E-state index contributed by atoms with van der Waals surface area (Å²) in [6.45, 7) is 3.68. The van der Waals surface area contributed by atoms with Crippen molar-refractivity contribution in [2.24, 2.45) is 0 Å². The van der Waals surface area contributed by atoms with E-state index >= 15 is 0 Å². The average molecular weight is 521 g/mol. The summed E-state index contributed by atoms with van der Waals surface area (Å²) in [6, 6.07) is 24.1. The monoisotopic (exact) mass is 520 g/mol. The minimum atomic E-state index is -0.886. The maximum Gasteiger partial charge on any atom is 0.335 e. The van der Waals surface area contributed by atoms with Crippen LogP contribution in [0.2, 0.25) is 0 Å². The van der Waals surface area contributed by atoms with Crippen LogP contribution in [0.3, 0.4) is 0 Å². The van der Waals surface area contributed by atoms with Crippen LogP contribution < -0.4 is 4.74 Å². The summed E-state index contributed by atoms with van der Waals surface area (Å²) in [5.41, 5.74) is 5.41. The van der Waals surface area contributed by atoms with Crippen molar-refractivity contribution >= 4 is 17.0 Å². The molecule has 2 fully saturated rings. The van der Waals surface area contributed by atoms with Crippen molar-refractivity contribution in [1.29, 1.82) is 0 Å². The number of aromatic nitrogens is 4. The van der Waals surface area contributed by atoms with E-state index in [0.717, 1.165) is 77.8 Å². The number of piperazine rings is 1. The molecule has 2 aliphatic heterocycles. The van der Waals surface area contributed by atoms with Gasteiger partial charge in [-0.05, 0) is 72.1 Å². The molecule has 2 aliphatic rings. The molecule has 9 nitrogen and oxygen atoms in total. The summed E-state index contributed by atoms with van der Waals surface area (Å²) < 4.78 is 6.10. The molecule has 2 aromatic heterocycles. The van der Waals surface area contributed by atoms with Gasteiger partial charge in [-0.3, -0.25) is 14.9 Å². The number of hydrogen-bond acceptors (Lipinski definition) is 6. The van der Waals surface area contributed by atoms with Gasteiger partial charge in [0.25, 0.3) is 0 Å². The van der Waals surface area contributed by atoms with Crippen LogP contribution >= 0.6 is 0 Å². The second-order valence-electron chi connectivity index (χ2n) is 10.4. The van der Waals surface area contributed by atoms with E-state index in [-0.39, 0.29) is 0 Å². The predicted molar refractivity (Wildman–Crippen MR) is 147 cm³/mol. The number of likely N-dealkylation sites (tertiary alicyclic amines) is 2. The van der Waals surface area contributed by atoms with E-state index in [1.54, 1.807) is 18.3 Å². The van der Waals surface area contributed by atoms with Crippen LogP contribution in [0.1, 0.15) is 28.2 Å². The molecule has 0 radical (unpaired) electrons. The first-order chi connectivity index (χ1) is 19.1. The second kappa shape index (κ2) is 9.68. The van der Waals surface area contributed by atoms with Crippen LogP contribution in [0, 0.1) is 0 Å². The zero-order valence-corrected chi connectivity index (χ0v) is 21.2. The zero-order chi connectivity index (χ0) is 26.3. The lowest BCUT2D eigenvalue weighted by Gasteiger charge is -2.33. The molecule has 0 aliphatic carbocycles. The number of carboxylic acid groups (broad SMARTS) is 1. The molecule has 0 saturated carbocycles. The summed E-state index contributed by atoms with van der Waals surface area (Å²) >= 11 is 0. The Morgan fingerprint density at radius 1 is 0.923 bits per heavy atom. The van der Waals surface area contributed by atoms with Gasteiger partial charge in [0.2, 0.25) is 0 Å². The van der Waals surface area contributed by atoms with Crippen molar-refractivity contribution in [2.45, 2.75) is 31.6 Å². The van der Waals surface area contributed by atoms with Crippen LogP contribution in [0.25, 0.3) is 22.3 Å². The number of nitrogens with one attached hydrogen (secondary N) is 2. The first kappa shape index (κ1) is 23.6. The van der Waals surface area contributed by atoms with E-state index < -0.39 is 5.97 Å². The third-order valence-electron chi connectivity index (χ3n) is 7.81. The van der Waals surface area contributed by atoms with E-state index in [2.05, 4.69) is 25.0 Å². The number of fused-ring (bicyclic) bond motifs is 3. The Morgan fingerprint density at radius 3 is 2.36 bits per heavy atom. The number of ether oxygens (including phenoxy) is 1. The molecular formula is C30H28N6O3. The van der Waals surface area contributed by atoms with E-state index in [4.69, 9.17) is 14.8 Å². The van der Waals surface area contributed by atoms with Gasteiger partial charge in [-0.25, -0.2) is 9.78 Å². The minimum absolute atomic E-state index is 0.331. The summed E-state index contributed by atoms with van der Waals surface area (Å²) in [6.07, 6.45) is 2.90. The standard InChI is InChI=1S/C30H28N6O3/c37-30(38)21-3-1-19(2-4-21)15-35-16-23-13-22(35)17-36(23)18-29-32-27-10-9-25(14-28(27)33-29)39-24-7-5-20(6-8-24)26-11-12-31-34-26/h1-12,14,22-23H,13,15-18H2,(H,31,34)(H,32,33)(H,37,38)/t22-,23-/m0/s1. The normalized spacial score (nSPS) is 19.2. The number of rotatable bonds is 8. The molecule has 196 valence electrons.